The van der Waals surface area contributed by atoms with Gasteiger partial charge in [-0.05, 0) is 42.3 Å². The van der Waals surface area contributed by atoms with Crippen LogP contribution in [0.5, 0.6) is 11.5 Å². The molecule has 0 fully saturated rings. The van der Waals surface area contributed by atoms with Crippen LogP contribution in [0.25, 0.3) is 0 Å². The van der Waals surface area contributed by atoms with E-state index in [0.29, 0.717) is 18.1 Å². The molecule has 5 nitrogen and oxygen atoms in total. The van der Waals surface area contributed by atoms with Crippen molar-refractivity contribution in [2.75, 3.05) is 19.8 Å². The second kappa shape index (κ2) is 9.02. The van der Waals surface area contributed by atoms with Crippen LogP contribution < -0.4 is 14.8 Å². The highest BCUT2D eigenvalue weighted by Crippen LogP contribution is 2.28. The van der Waals surface area contributed by atoms with E-state index in [9.17, 15) is 0 Å². The molecule has 22 heavy (non-hydrogen) atoms. The number of nitrogens with one attached hydrogen (secondary N) is 1. The quantitative estimate of drug-likeness (QED) is 0.743. The van der Waals surface area contributed by atoms with E-state index in [1.807, 2.05) is 37.3 Å². The monoisotopic (exact) mass is 302 g/mol. The number of aromatic nitrogens is 1. The molecule has 1 aromatic heterocycles. The number of hydrogen-bond acceptors (Lipinski definition) is 5. The highest BCUT2D eigenvalue weighted by molar-refractivity contribution is 5.43. The van der Waals surface area contributed by atoms with E-state index < -0.39 is 0 Å². The van der Waals surface area contributed by atoms with Gasteiger partial charge in [0.1, 0.15) is 6.61 Å². The maximum Gasteiger partial charge on any atom is 0.161 e. The topological polar surface area (TPSA) is 63.6 Å². The fraction of sp³-hybridized carbons (Fsp3) is 0.353. The van der Waals surface area contributed by atoms with Crippen LogP contribution >= 0.6 is 0 Å². The number of ether oxygens (including phenoxy) is 2. The zero-order valence-electron chi connectivity index (χ0n) is 12.8. The Morgan fingerprint density at radius 1 is 1.00 bits per heavy atom. The minimum atomic E-state index is -0.0131. The number of hydrogen-bond donors (Lipinski definition) is 2. The predicted molar refractivity (Wildman–Crippen MR) is 85.0 cm³/mol. The summed E-state index contributed by atoms with van der Waals surface area (Å²) >= 11 is 0. The predicted octanol–water partition coefficient (Wildman–Crippen LogP) is 2.14. The van der Waals surface area contributed by atoms with Crippen molar-refractivity contribution in [2.24, 2.45) is 0 Å². The summed E-state index contributed by atoms with van der Waals surface area (Å²) in [7, 11) is 0. The van der Waals surface area contributed by atoms with E-state index in [2.05, 4.69) is 10.3 Å². The van der Waals surface area contributed by atoms with Crippen molar-refractivity contribution < 1.29 is 14.6 Å². The molecule has 2 aromatic rings. The number of benzene rings is 1. The van der Waals surface area contributed by atoms with Gasteiger partial charge in [-0.25, -0.2) is 0 Å². The van der Waals surface area contributed by atoms with Crippen LogP contribution in [0.1, 0.15) is 18.1 Å². The van der Waals surface area contributed by atoms with Crippen LogP contribution in [-0.2, 0) is 13.1 Å². The van der Waals surface area contributed by atoms with Gasteiger partial charge < -0.3 is 19.9 Å². The number of pyridine rings is 1. The Labute approximate surface area is 130 Å². The Bertz CT molecular complexity index is 561. The Balaban J connectivity index is 1.94. The molecule has 0 bridgehead atoms. The van der Waals surface area contributed by atoms with Crippen molar-refractivity contribution in [3.8, 4) is 11.5 Å². The molecular weight excluding hydrogens is 280 g/mol. The molecule has 0 aliphatic rings. The van der Waals surface area contributed by atoms with Crippen molar-refractivity contribution in [1.82, 2.24) is 10.3 Å². The summed E-state index contributed by atoms with van der Waals surface area (Å²) in [5.74, 6) is 1.37. The standard InChI is InChI=1S/C17H22N2O3/c1-2-21-17-11-15(3-4-16(17)22-10-9-20)13-19-12-14-5-7-18-8-6-14/h3-8,11,19-20H,2,9-10,12-13H2,1H3. The number of nitrogens with zero attached hydrogens (tertiary/aromatic N) is 1. The Hall–Kier alpha value is -2.11. The number of aliphatic hydroxyl groups excluding tert-OH is 1. The summed E-state index contributed by atoms with van der Waals surface area (Å²) in [6, 6.07) is 9.82. The molecule has 0 amide bonds. The molecule has 1 heterocycles. The number of aliphatic hydroxyl groups is 1. The molecule has 0 aliphatic carbocycles. The van der Waals surface area contributed by atoms with E-state index in [-0.39, 0.29) is 13.2 Å². The normalized spacial score (nSPS) is 10.5. The third-order valence-corrected chi connectivity index (χ3v) is 3.06. The zero-order valence-corrected chi connectivity index (χ0v) is 12.8. The van der Waals surface area contributed by atoms with Crippen LogP contribution in [0, 0.1) is 0 Å². The first-order valence-electron chi connectivity index (χ1n) is 7.42. The smallest absolute Gasteiger partial charge is 0.161 e. The highest BCUT2D eigenvalue weighted by atomic mass is 16.5. The van der Waals surface area contributed by atoms with Gasteiger partial charge in [-0.3, -0.25) is 4.98 Å². The molecule has 118 valence electrons. The largest absolute Gasteiger partial charge is 0.490 e. The second-order valence-electron chi connectivity index (χ2n) is 4.75. The van der Waals surface area contributed by atoms with Gasteiger partial charge in [0.25, 0.3) is 0 Å². The molecule has 0 saturated carbocycles. The maximum absolute atomic E-state index is 8.85. The first kappa shape index (κ1) is 16.3. The molecule has 0 atom stereocenters. The molecular formula is C17H22N2O3. The molecule has 2 rings (SSSR count). The molecule has 0 unspecified atom stereocenters. The lowest BCUT2D eigenvalue weighted by Crippen LogP contribution is -2.13. The van der Waals surface area contributed by atoms with E-state index in [4.69, 9.17) is 14.6 Å². The molecule has 2 N–H and O–H groups in total. The summed E-state index contributed by atoms with van der Waals surface area (Å²) in [6.07, 6.45) is 3.58. The Morgan fingerprint density at radius 3 is 2.50 bits per heavy atom. The van der Waals surface area contributed by atoms with E-state index in [1.54, 1.807) is 12.4 Å². The Morgan fingerprint density at radius 2 is 1.77 bits per heavy atom. The third kappa shape index (κ3) is 5.02. The second-order valence-corrected chi connectivity index (χ2v) is 4.75. The third-order valence-electron chi connectivity index (χ3n) is 3.06. The van der Waals surface area contributed by atoms with Gasteiger partial charge in [0, 0.05) is 25.5 Å². The van der Waals surface area contributed by atoms with Gasteiger partial charge >= 0.3 is 0 Å². The first-order valence-corrected chi connectivity index (χ1v) is 7.42. The van der Waals surface area contributed by atoms with Crippen LogP contribution in [-0.4, -0.2) is 29.9 Å². The van der Waals surface area contributed by atoms with Crippen molar-refractivity contribution >= 4 is 0 Å². The van der Waals surface area contributed by atoms with Gasteiger partial charge in [-0.15, -0.1) is 0 Å². The van der Waals surface area contributed by atoms with Crippen molar-refractivity contribution in [3.63, 3.8) is 0 Å². The van der Waals surface area contributed by atoms with Gasteiger partial charge in [-0.1, -0.05) is 6.07 Å². The van der Waals surface area contributed by atoms with Crippen LogP contribution in [0.2, 0.25) is 0 Å². The lowest BCUT2D eigenvalue weighted by molar-refractivity contribution is 0.194. The minimum absolute atomic E-state index is 0.0131. The Kier molecular flexibility index (Phi) is 6.67. The van der Waals surface area contributed by atoms with Gasteiger partial charge in [0.05, 0.1) is 13.2 Å². The highest BCUT2D eigenvalue weighted by Gasteiger charge is 2.06. The van der Waals surface area contributed by atoms with Gasteiger partial charge in [-0.2, -0.15) is 0 Å². The van der Waals surface area contributed by atoms with E-state index in [1.165, 1.54) is 5.56 Å². The number of rotatable bonds is 9. The average Bonchev–Trinajstić information content (AvgIpc) is 2.55. The molecule has 0 aliphatic heterocycles. The van der Waals surface area contributed by atoms with E-state index >= 15 is 0 Å². The first-order chi connectivity index (χ1) is 10.8. The molecule has 5 heteroatoms. The lowest BCUT2D eigenvalue weighted by atomic mass is 10.2. The SMILES string of the molecule is CCOc1cc(CNCc2ccncc2)ccc1OCCO. The van der Waals surface area contributed by atoms with Crippen LogP contribution in [0.4, 0.5) is 0 Å². The molecule has 1 aromatic carbocycles. The van der Waals surface area contributed by atoms with Crippen LogP contribution in [0.3, 0.4) is 0 Å². The average molecular weight is 302 g/mol. The minimum Gasteiger partial charge on any atom is -0.490 e. The summed E-state index contributed by atoms with van der Waals surface area (Å²) in [5.41, 5.74) is 2.32. The maximum atomic E-state index is 8.85. The zero-order chi connectivity index (χ0) is 15.6. The van der Waals surface area contributed by atoms with Crippen molar-refractivity contribution in [1.29, 1.82) is 0 Å². The lowest BCUT2D eigenvalue weighted by Gasteiger charge is -2.13. The summed E-state index contributed by atoms with van der Waals surface area (Å²) in [4.78, 5) is 4.00. The molecule has 0 radical (unpaired) electrons. The molecule has 0 saturated heterocycles. The van der Waals surface area contributed by atoms with Crippen molar-refractivity contribution in [2.45, 2.75) is 20.0 Å². The van der Waals surface area contributed by atoms with Crippen LogP contribution in [0.15, 0.2) is 42.7 Å². The van der Waals surface area contributed by atoms with Gasteiger partial charge in [0.2, 0.25) is 0 Å². The summed E-state index contributed by atoms with van der Waals surface area (Å²) < 4.78 is 11.1. The fourth-order valence-corrected chi connectivity index (χ4v) is 2.06. The van der Waals surface area contributed by atoms with Gasteiger partial charge in [0.15, 0.2) is 11.5 Å². The van der Waals surface area contributed by atoms with E-state index in [0.717, 1.165) is 18.7 Å². The summed E-state index contributed by atoms with van der Waals surface area (Å²) in [6.45, 7) is 4.28. The summed E-state index contributed by atoms with van der Waals surface area (Å²) in [5, 5.41) is 12.2. The molecule has 0 spiro atoms. The van der Waals surface area contributed by atoms with Crippen molar-refractivity contribution in [3.05, 3.63) is 53.9 Å². The fourth-order valence-electron chi connectivity index (χ4n) is 2.06.